The van der Waals surface area contributed by atoms with Crippen molar-refractivity contribution in [1.82, 2.24) is 15.0 Å². The largest absolute Gasteiger partial charge is 0.378 e. The molecule has 2 aromatic heterocycles. The lowest BCUT2D eigenvalue weighted by molar-refractivity contribution is 0.0303. The van der Waals surface area contributed by atoms with E-state index in [1.54, 1.807) is 12.3 Å². The second kappa shape index (κ2) is 6.78. The average Bonchev–Trinajstić information content (AvgIpc) is 3.00. The van der Waals surface area contributed by atoms with Crippen LogP contribution in [0.15, 0.2) is 28.9 Å². The van der Waals surface area contributed by atoms with Crippen LogP contribution >= 0.6 is 0 Å². The van der Waals surface area contributed by atoms with Gasteiger partial charge in [-0.25, -0.2) is 4.98 Å². The zero-order valence-electron chi connectivity index (χ0n) is 13.4. The number of pyridine rings is 1. The lowest BCUT2D eigenvalue weighted by Crippen LogP contribution is -2.40. The monoisotopic (exact) mass is 316 g/mol. The normalized spacial score (nSPS) is 14.8. The van der Waals surface area contributed by atoms with Crippen LogP contribution in [-0.4, -0.2) is 54.3 Å². The summed E-state index contributed by atoms with van der Waals surface area (Å²) in [6, 6.07) is 5.44. The Morgan fingerprint density at radius 1 is 1.35 bits per heavy atom. The predicted molar refractivity (Wildman–Crippen MR) is 84.3 cm³/mol. The third kappa shape index (κ3) is 3.68. The predicted octanol–water partition coefficient (Wildman–Crippen LogP) is 1.49. The molecule has 23 heavy (non-hydrogen) atoms. The van der Waals surface area contributed by atoms with Crippen LogP contribution in [0.25, 0.3) is 0 Å². The molecule has 0 aromatic carbocycles. The van der Waals surface area contributed by atoms with Gasteiger partial charge in [0.1, 0.15) is 17.3 Å². The van der Waals surface area contributed by atoms with Gasteiger partial charge in [-0.2, -0.15) is 0 Å². The first-order chi connectivity index (χ1) is 11.1. The molecule has 0 saturated carbocycles. The summed E-state index contributed by atoms with van der Waals surface area (Å²) in [4.78, 5) is 20.6. The summed E-state index contributed by atoms with van der Waals surface area (Å²) in [6.45, 7) is 4.87. The first-order valence-corrected chi connectivity index (χ1v) is 7.60. The Labute approximate surface area is 134 Å². The van der Waals surface area contributed by atoms with Crippen LogP contribution in [0, 0.1) is 6.92 Å². The molecule has 0 aliphatic carbocycles. The molecule has 0 radical (unpaired) electrons. The Morgan fingerprint density at radius 3 is 2.83 bits per heavy atom. The van der Waals surface area contributed by atoms with Crippen molar-refractivity contribution in [1.29, 1.82) is 0 Å². The molecule has 0 atom stereocenters. The van der Waals surface area contributed by atoms with Gasteiger partial charge in [-0.1, -0.05) is 5.16 Å². The summed E-state index contributed by atoms with van der Waals surface area (Å²) in [5.41, 5.74) is 1.47. The van der Waals surface area contributed by atoms with Gasteiger partial charge in [0.15, 0.2) is 0 Å². The maximum atomic E-state index is 12.5. The maximum Gasteiger partial charge on any atom is 0.254 e. The minimum absolute atomic E-state index is 0.0163. The summed E-state index contributed by atoms with van der Waals surface area (Å²) in [5, 5.41) is 3.98. The van der Waals surface area contributed by atoms with Gasteiger partial charge >= 0.3 is 0 Å². The van der Waals surface area contributed by atoms with Gasteiger partial charge in [0, 0.05) is 38.0 Å². The maximum absolute atomic E-state index is 12.5. The van der Waals surface area contributed by atoms with Gasteiger partial charge < -0.3 is 19.1 Å². The molecule has 3 rings (SSSR count). The summed E-state index contributed by atoms with van der Waals surface area (Å²) in [7, 11) is 1.91. The third-order valence-corrected chi connectivity index (χ3v) is 3.76. The molecule has 1 aliphatic heterocycles. The molecule has 7 nitrogen and oxygen atoms in total. The number of carbonyl (C=O) groups excluding carboxylic acids is 1. The number of anilines is 1. The highest BCUT2D eigenvalue weighted by molar-refractivity contribution is 5.94. The van der Waals surface area contributed by atoms with E-state index in [0.717, 1.165) is 17.3 Å². The molecule has 122 valence electrons. The van der Waals surface area contributed by atoms with Crippen molar-refractivity contribution in [2.45, 2.75) is 13.5 Å². The van der Waals surface area contributed by atoms with Gasteiger partial charge in [-0.05, 0) is 19.1 Å². The number of amides is 1. The van der Waals surface area contributed by atoms with Gasteiger partial charge in [0.25, 0.3) is 5.91 Å². The van der Waals surface area contributed by atoms with E-state index in [1.165, 1.54) is 0 Å². The SMILES string of the molecule is Cc1cc(CN(C)c2cc(C(=O)N3CCOCC3)ccn2)no1. The highest BCUT2D eigenvalue weighted by atomic mass is 16.5. The van der Waals surface area contributed by atoms with Crippen molar-refractivity contribution in [3.63, 3.8) is 0 Å². The second-order valence-corrected chi connectivity index (χ2v) is 5.59. The van der Waals surface area contributed by atoms with Gasteiger partial charge in [-0.3, -0.25) is 4.79 Å². The fourth-order valence-electron chi connectivity index (χ4n) is 2.53. The van der Waals surface area contributed by atoms with Crippen LogP contribution < -0.4 is 4.90 Å². The van der Waals surface area contributed by atoms with E-state index in [2.05, 4.69) is 10.1 Å². The summed E-state index contributed by atoms with van der Waals surface area (Å²) in [6.07, 6.45) is 1.66. The van der Waals surface area contributed by atoms with Crippen LogP contribution in [0.2, 0.25) is 0 Å². The molecule has 1 saturated heterocycles. The minimum atomic E-state index is 0.0163. The fraction of sp³-hybridized carbons (Fsp3) is 0.438. The van der Waals surface area contributed by atoms with Crippen molar-refractivity contribution >= 4 is 11.7 Å². The summed E-state index contributed by atoms with van der Waals surface area (Å²) < 4.78 is 10.4. The van der Waals surface area contributed by atoms with Gasteiger partial charge in [0.2, 0.25) is 0 Å². The number of carbonyl (C=O) groups is 1. The molecule has 1 aliphatic rings. The standard InChI is InChI=1S/C16H20N4O3/c1-12-9-14(18-23-12)11-19(2)15-10-13(3-4-17-15)16(21)20-5-7-22-8-6-20/h3-4,9-10H,5-8,11H2,1-2H3. The van der Waals surface area contributed by atoms with E-state index in [9.17, 15) is 4.79 Å². The molecule has 0 unspecified atom stereocenters. The van der Waals surface area contributed by atoms with Crippen molar-refractivity contribution < 1.29 is 14.1 Å². The number of ether oxygens (including phenoxy) is 1. The highest BCUT2D eigenvalue weighted by Gasteiger charge is 2.19. The fourth-order valence-corrected chi connectivity index (χ4v) is 2.53. The topological polar surface area (TPSA) is 71.7 Å². The second-order valence-electron chi connectivity index (χ2n) is 5.59. The molecule has 2 aromatic rings. The molecular weight excluding hydrogens is 296 g/mol. The van der Waals surface area contributed by atoms with Crippen LogP contribution in [0.1, 0.15) is 21.8 Å². The van der Waals surface area contributed by atoms with Crippen LogP contribution in [0.4, 0.5) is 5.82 Å². The summed E-state index contributed by atoms with van der Waals surface area (Å²) >= 11 is 0. The zero-order chi connectivity index (χ0) is 16.2. The van der Waals surface area contributed by atoms with Crippen molar-refractivity contribution in [3.05, 3.63) is 41.4 Å². The summed E-state index contributed by atoms with van der Waals surface area (Å²) in [5.74, 6) is 1.52. The Kier molecular flexibility index (Phi) is 4.57. The number of hydrogen-bond acceptors (Lipinski definition) is 6. The molecule has 3 heterocycles. The molecule has 0 bridgehead atoms. The Morgan fingerprint density at radius 2 is 2.13 bits per heavy atom. The number of morpholine rings is 1. The van der Waals surface area contributed by atoms with Crippen LogP contribution in [0.3, 0.4) is 0 Å². The number of aromatic nitrogens is 2. The van der Waals surface area contributed by atoms with Crippen LogP contribution in [0.5, 0.6) is 0 Å². The van der Waals surface area contributed by atoms with E-state index in [1.807, 2.05) is 35.9 Å². The van der Waals surface area contributed by atoms with E-state index < -0.39 is 0 Å². The van der Waals surface area contributed by atoms with E-state index in [0.29, 0.717) is 38.4 Å². The highest BCUT2D eigenvalue weighted by Crippen LogP contribution is 2.16. The van der Waals surface area contributed by atoms with E-state index in [4.69, 9.17) is 9.26 Å². The van der Waals surface area contributed by atoms with Crippen molar-refractivity contribution in [3.8, 4) is 0 Å². The lowest BCUT2D eigenvalue weighted by atomic mass is 10.2. The van der Waals surface area contributed by atoms with Crippen LogP contribution in [-0.2, 0) is 11.3 Å². The Balaban J connectivity index is 1.72. The molecule has 1 amide bonds. The minimum Gasteiger partial charge on any atom is -0.378 e. The Hall–Kier alpha value is -2.41. The Bertz CT molecular complexity index is 679. The third-order valence-electron chi connectivity index (χ3n) is 3.76. The molecular formula is C16H20N4O3. The molecule has 0 spiro atoms. The van der Waals surface area contributed by atoms with Crippen molar-refractivity contribution in [2.24, 2.45) is 0 Å². The quantitative estimate of drug-likeness (QED) is 0.851. The number of hydrogen-bond donors (Lipinski definition) is 0. The van der Waals surface area contributed by atoms with Crippen molar-refractivity contribution in [2.75, 3.05) is 38.3 Å². The molecule has 1 fully saturated rings. The number of rotatable bonds is 4. The smallest absolute Gasteiger partial charge is 0.254 e. The number of nitrogens with zero attached hydrogens (tertiary/aromatic N) is 4. The van der Waals surface area contributed by atoms with E-state index in [-0.39, 0.29) is 5.91 Å². The van der Waals surface area contributed by atoms with Gasteiger partial charge in [-0.15, -0.1) is 0 Å². The zero-order valence-corrected chi connectivity index (χ0v) is 13.4. The average molecular weight is 316 g/mol. The molecule has 7 heteroatoms. The first kappa shape index (κ1) is 15.5. The lowest BCUT2D eigenvalue weighted by Gasteiger charge is -2.27. The van der Waals surface area contributed by atoms with Gasteiger partial charge in [0.05, 0.1) is 19.8 Å². The van der Waals surface area contributed by atoms with E-state index >= 15 is 0 Å². The first-order valence-electron chi connectivity index (χ1n) is 7.60. The number of aryl methyl sites for hydroxylation is 1. The molecule has 0 N–H and O–H groups in total.